The van der Waals surface area contributed by atoms with Crippen LogP contribution in [-0.4, -0.2) is 25.6 Å². The number of carbonyl (C=O) groups is 1. The van der Waals surface area contributed by atoms with E-state index in [9.17, 15) is 4.79 Å². The molecule has 0 fully saturated rings. The minimum atomic E-state index is -0.129. The van der Waals surface area contributed by atoms with Gasteiger partial charge in [-0.05, 0) is 68.7 Å². The first-order valence-electron chi connectivity index (χ1n) is 8.94. The molecule has 26 heavy (non-hydrogen) atoms. The van der Waals surface area contributed by atoms with Crippen LogP contribution in [0.15, 0.2) is 40.9 Å². The molecule has 0 bridgehead atoms. The smallest absolute Gasteiger partial charge is 0.258 e. The summed E-state index contributed by atoms with van der Waals surface area (Å²) in [4.78, 5) is 14.3. The first-order chi connectivity index (χ1) is 12.4. The Morgan fingerprint density at radius 3 is 2.19 bits per heavy atom. The fourth-order valence-corrected chi connectivity index (χ4v) is 3.03. The molecule has 0 saturated heterocycles. The Bertz CT molecular complexity index is 717. The van der Waals surface area contributed by atoms with Crippen LogP contribution in [0.3, 0.4) is 0 Å². The number of amides is 1. The lowest BCUT2D eigenvalue weighted by Crippen LogP contribution is -2.28. The fourth-order valence-electron chi connectivity index (χ4n) is 2.80. The average Bonchev–Trinajstić information content (AvgIpc) is 2.64. The Balaban J connectivity index is 1.83. The third kappa shape index (κ3) is 5.49. The number of carbonyl (C=O) groups excluding carboxylic acids is 1. The summed E-state index contributed by atoms with van der Waals surface area (Å²) in [5.41, 5.74) is 4.46. The van der Waals surface area contributed by atoms with E-state index in [2.05, 4.69) is 64.3 Å². The van der Waals surface area contributed by atoms with Crippen LogP contribution in [-0.2, 0) is 11.3 Å². The molecule has 140 valence electrons. The normalized spacial score (nSPS) is 10.5. The van der Waals surface area contributed by atoms with E-state index in [1.54, 1.807) is 0 Å². The van der Waals surface area contributed by atoms with Crippen molar-refractivity contribution in [2.45, 2.75) is 34.2 Å². The Labute approximate surface area is 164 Å². The van der Waals surface area contributed by atoms with Crippen LogP contribution in [0.5, 0.6) is 5.75 Å². The van der Waals surface area contributed by atoms with Crippen LogP contribution >= 0.6 is 15.9 Å². The zero-order chi connectivity index (χ0) is 19.1. The number of anilines is 1. The summed E-state index contributed by atoms with van der Waals surface area (Å²) < 4.78 is 6.68. The molecule has 1 amide bonds. The van der Waals surface area contributed by atoms with Gasteiger partial charge in [-0.2, -0.15) is 0 Å². The van der Waals surface area contributed by atoms with Gasteiger partial charge in [-0.1, -0.05) is 28.1 Å². The number of nitrogens with zero attached hydrogens (tertiary/aromatic N) is 1. The molecular formula is C21H27BrN2O2. The Morgan fingerprint density at radius 2 is 1.65 bits per heavy atom. The molecule has 0 aromatic heterocycles. The predicted molar refractivity (Wildman–Crippen MR) is 111 cm³/mol. The van der Waals surface area contributed by atoms with Gasteiger partial charge in [0.2, 0.25) is 0 Å². The maximum absolute atomic E-state index is 12.0. The van der Waals surface area contributed by atoms with Gasteiger partial charge in [0, 0.05) is 29.8 Å². The quantitative estimate of drug-likeness (QED) is 0.680. The van der Waals surface area contributed by atoms with Crippen LogP contribution in [0.4, 0.5) is 5.69 Å². The van der Waals surface area contributed by atoms with Crippen molar-refractivity contribution in [2.24, 2.45) is 0 Å². The molecule has 2 aromatic carbocycles. The van der Waals surface area contributed by atoms with E-state index >= 15 is 0 Å². The molecule has 0 aliphatic heterocycles. The summed E-state index contributed by atoms with van der Waals surface area (Å²) in [6.07, 6.45) is 0. The van der Waals surface area contributed by atoms with E-state index in [0.29, 0.717) is 12.3 Å². The topological polar surface area (TPSA) is 41.6 Å². The average molecular weight is 419 g/mol. The first-order valence-corrected chi connectivity index (χ1v) is 9.74. The predicted octanol–water partition coefficient (Wildman–Crippen LogP) is 4.61. The van der Waals surface area contributed by atoms with Gasteiger partial charge in [-0.15, -0.1) is 0 Å². The standard InChI is InChI=1S/C21H27BrN2O2/c1-5-24(6-2)18-9-7-17(8-10-18)13-23-20(25)14-26-19-11-15(3)21(22)16(4)12-19/h7-12H,5-6,13-14H2,1-4H3,(H,23,25). The highest BCUT2D eigenvalue weighted by molar-refractivity contribution is 9.10. The lowest BCUT2D eigenvalue weighted by Gasteiger charge is -2.21. The van der Waals surface area contributed by atoms with Crippen molar-refractivity contribution in [3.05, 3.63) is 57.6 Å². The molecule has 4 nitrogen and oxygen atoms in total. The largest absolute Gasteiger partial charge is 0.484 e. The highest BCUT2D eigenvalue weighted by Gasteiger charge is 2.07. The van der Waals surface area contributed by atoms with Gasteiger partial charge < -0.3 is 15.0 Å². The molecule has 0 aliphatic rings. The number of aryl methyl sites for hydroxylation is 2. The van der Waals surface area contributed by atoms with Crippen molar-refractivity contribution in [2.75, 3.05) is 24.6 Å². The number of hydrogen-bond donors (Lipinski definition) is 1. The van der Waals surface area contributed by atoms with Crippen molar-refractivity contribution in [1.29, 1.82) is 0 Å². The van der Waals surface area contributed by atoms with E-state index < -0.39 is 0 Å². The molecule has 1 N–H and O–H groups in total. The number of hydrogen-bond acceptors (Lipinski definition) is 3. The Kier molecular flexibility index (Phi) is 7.51. The van der Waals surface area contributed by atoms with E-state index in [4.69, 9.17) is 4.74 Å². The molecule has 0 unspecified atom stereocenters. The summed E-state index contributed by atoms with van der Waals surface area (Å²) >= 11 is 3.53. The second-order valence-corrected chi connectivity index (χ2v) is 7.07. The van der Waals surface area contributed by atoms with Crippen molar-refractivity contribution in [3.8, 4) is 5.75 Å². The number of benzene rings is 2. The Morgan fingerprint density at radius 1 is 1.08 bits per heavy atom. The van der Waals surface area contributed by atoms with E-state index in [1.807, 2.05) is 26.0 Å². The molecule has 2 aromatic rings. The molecular weight excluding hydrogens is 392 g/mol. The van der Waals surface area contributed by atoms with E-state index in [1.165, 1.54) is 5.69 Å². The third-order valence-electron chi connectivity index (χ3n) is 4.33. The van der Waals surface area contributed by atoms with Crippen molar-refractivity contribution < 1.29 is 9.53 Å². The molecule has 0 atom stereocenters. The number of nitrogens with one attached hydrogen (secondary N) is 1. The van der Waals surface area contributed by atoms with Gasteiger partial charge in [-0.3, -0.25) is 4.79 Å². The number of ether oxygens (including phenoxy) is 1. The number of rotatable bonds is 8. The van der Waals surface area contributed by atoms with Crippen LogP contribution in [0, 0.1) is 13.8 Å². The first kappa shape index (κ1) is 20.3. The molecule has 0 aliphatic carbocycles. The second-order valence-electron chi connectivity index (χ2n) is 6.28. The zero-order valence-electron chi connectivity index (χ0n) is 15.9. The SMILES string of the molecule is CCN(CC)c1ccc(CNC(=O)COc2cc(C)c(Br)c(C)c2)cc1. The van der Waals surface area contributed by atoms with Gasteiger partial charge in [-0.25, -0.2) is 0 Å². The molecule has 2 rings (SSSR count). The summed E-state index contributed by atoms with van der Waals surface area (Å²) in [6, 6.07) is 12.1. The van der Waals surface area contributed by atoms with E-state index in [0.717, 1.165) is 34.3 Å². The lowest BCUT2D eigenvalue weighted by atomic mass is 10.1. The van der Waals surface area contributed by atoms with Crippen molar-refractivity contribution >= 4 is 27.5 Å². The van der Waals surface area contributed by atoms with E-state index in [-0.39, 0.29) is 12.5 Å². The van der Waals surface area contributed by atoms with Gasteiger partial charge in [0.1, 0.15) is 5.75 Å². The lowest BCUT2D eigenvalue weighted by molar-refractivity contribution is -0.123. The van der Waals surface area contributed by atoms with Crippen LogP contribution < -0.4 is 15.0 Å². The number of halogens is 1. The minimum Gasteiger partial charge on any atom is -0.484 e. The molecule has 5 heteroatoms. The minimum absolute atomic E-state index is 0.0119. The van der Waals surface area contributed by atoms with Crippen molar-refractivity contribution in [3.63, 3.8) is 0 Å². The summed E-state index contributed by atoms with van der Waals surface area (Å²) in [7, 11) is 0. The Hall–Kier alpha value is -2.01. The van der Waals surface area contributed by atoms with Gasteiger partial charge >= 0.3 is 0 Å². The van der Waals surface area contributed by atoms with Gasteiger partial charge in [0.05, 0.1) is 0 Å². The third-order valence-corrected chi connectivity index (χ3v) is 5.59. The van der Waals surface area contributed by atoms with Gasteiger partial charge in [0.15, 0.2) is 6.61 Å². The fraction of sp³-hybridized carbons (Fsp3) is 0.381. The summed E-state index contributed by atoms with van der Waals surface area (Å²) in [5, 5.41) is 2.90. The van der Waals surface area contributed by atoms with Gasteiger partial charge in [0.25, 0.3) is 5.91 Å². The molecule has 0 saturated carbocycles. The van der Waals surface area contributed by atoms with Crippen LogP contribution in [0.2, 0.25) is 0 Å². The molecule has 0 radical (unpaired) electrons. The zero-order valence-corrected chi connectivity index (χ0v) is 17.5. The van der Waals surface area contributed by atoms with Crippen LogP contribution in [0.25, 0.3) is 0 Å². The maximum atomic E-state index is 12.0. The maximum Gasteiger partial charge on any atom is 0.258 e. The summed E-state index contributed by atoms with van der Waals surface area (Å²) in [5.74, 6) is 0.581. The van der Waals surface area contributed by atoms with Crippen LogP contribution in [0.1, 0.15) is 30.5 Å². The highest BCUT2D eigenvalue weighted by Crippen LogP contribution is 2.26. The summed E-state index contributed by atoms with van der Waals surface area (Å²) in [6.45, 7) is 10.8. The molecule has 0 heterocycles. The molecule has 0 spiro atoms. The highest BCUT2D eigenvalue weighted by atomic mass is 79.9. The second kappa shape index (κ2) is 9.62. The monoisotopic (exact) mass is 418 g/mol. The van der Waals surface area contributed by atoms with Crippen molar-refractivity contribution in [1.82, 2.24) is 5.32 Å².